The van der Waals surface area contributed by atoms with Crippen molar-refractivity contribution in [3.8, 4) is 11.5 Å². The number of ether oxygens (including phenoxy) is 3. The van der Waals surface area contributed by atoms with Gasteiger partial charge in [-0.2, -0.15) is 0 Å². The van der Waals surface area contributed by atoms with E-state index in [-0.39, 0.29) is 24.5 Å². The maximum Gasteiger partial charge on any atom is 0.312 e. The van der Waals surface area contributed by atoms with Gasteiger partial charge in [0, 0.05) is 19.0 Å². The van der Waals surface area contributed by atoms with Gasteiger partial charge in [0.2, 0.25) is 5.91 Å². The van der Waals surface area contributed by atoms with E-state index in [1.807, 2.05) is 6.92 Å². The van der Waals surface area contributed by atoms with Crippen LogP contribution >= 0.6 is 0 Å². The molecule has 7 heteroatoms. The second-order valence-corrected chi connectivity index (χ2v) is 7.57. The first kappa shape index (κ1) is 23.2. The highest BCUT2D eigenvalue weighted by Crippen LogP contribution is 2.37. The van der Waals surface area contributed by atoms with Crippen LogP contribution in [0.5, 0.6) is 11.5 Å². The van der Waals surface area contributed by atoms with Gasteiger partial charge >= 0.3 is 11.9 Å². The zero-order chi connectivity index (χ0) is 22.1. The molecular weight excluding hydrogens is 386 g/mol. The maximum absolute atomic E-state index is 12.3. The summed E-state index contributed by atoms with van der Waals surface area (Å²) in [4.78, 5) is 35.6. The van der Waals surface area contributed by atoms with Crippen LogP contribution in [0.3, 0.4) is 0 Å². The molecule has 0 unspecified atom stereocenters. The summed E-state index contributed by atoms with van der Waals surface area (Å²) in [6, 6.07) is 5.04. The molecule has 0 spiro atoms. The number of benzene rings is 1. The molecule has 30 heavy (non-hydrogen) atoms. The molecule has 1 aromatic rings. The van der Waals surface area contributed by atoms with E-state index >= 15 is 0 Å². The quantitative estimate of drug-likeness (QED) is 0.303. The van der Waals surface area contributed by atoms with Crippen LogP contribution in [-0.2, 0) is 19.1 Å². The third-order valence-electron chi connectivity index (χ3n) is 5.13. The molecule has 0 atom stereocenters. The first-order chi connectivity index (χ1) is 14.3. The smallest absolute Gasteiger partial charge is 0.312 e. The molecule has 162 valence electrons. The summed E-state index contributed by atoms with van der Waals surface area (Å²) in [5.41, 5.74) is 0.222. The zero-order valence-electron chi connectivity index (χ0n) is 17.7. The van der Waals surface area contributed by atoms with E-state index in [0.717, 1.165) is 5.56 Å². The molecule has 1 aromatic carbocycles. The van der Waals surface area contributed by atoms with E-state index in [2.05, 4.69) is 11.9 Å². The fourth-order valence-electron chi connectivity index (χ4n) is 3.36. The Bertz CT molecular complexity index is 821. The molecule has 0 radical (unpaired) electrons. The molecule has 0 aromatic heterocycles. The van der Waals surface area contributed by atoms with Gasteiger partial charge in [-0.3, -0.25) is 14.4 Å². The van der Waals surface area contributed by atoms with Crippen molar-refractivity contribution in [2.75, 3.05) is 13.7 Å². The average Bonchev–Trinajstić information content (AvgIpc) is 2.72. The van der Waals surface area contributed by atoms with Crippen LogP contribution in [-0.4, -0.2) is 37.6 Å². The third kappa shape index (κ3) is 6.47. The van der Waals surface area contributed by atoms with Crippen molar-refractivity contribution in [3.63, 3.8) is 0 Å². The van der Waals surface area contributed by atoms with Gasteiger partial charge in [-0.05, 0) is 56.4 Å². The van der Waals surface area contributed by atoms with Crippen LogP contribution in [0.2, 0.25) is 0 Å². The first-order valence-electron chi connectivity index (χ1n) is 9.90. The minimum Gasteiger partial charge on any atom is -0.493 e. The van der Waals surface area contributed by atoms with Gasteiger partial charge in [0.1, 0.15) is 6.61 Å². The van der Waals surface area contributed by atoms with Crippen LogP contribution in [0.15, 0.2) is 36.9 Å². The summed E-state index contributed by atoms with van der Waals surface area (Å²) < 4.78 is 15.5. The summed E-state index contributed by atoms with van der Waals surface area (Å²) in [6.07, 6.45) is 7.41. The number of esters is 2. The van der Waals surface area contributed by atoms with Gasteiger partial charge < -0.3 is 19.5 Å². The Labute approximate surface area is 177 Å². The number of nitrogens with one attached hydrogen (secondary N) is 1. The molecule has 1 saturated carbocycles. The Hall–Kier alpha value is -3.09. The van der Waals surface area contributed by atoms with Gasteiger partial charge in [0.15, 0.2) is 11.5 Å². The monoisotopic (exact) mass is 415 g/mol. The molecule has 0 aliphatic heterocycles. The number of hydrogen-bond acceptors (Lipinski definition) is 6. The normalized spacial score (nSPS) is 21.0. The SMILES string of the molecule is C=CCOC(=O)[C@]1(C)CC[C@@H](NC(=O)C=Cc2ccc(OC(C)=O)c(OC)c2)CC1. The molecule has 7 nitrogen and oxygen atoms in total. The third-order valence-corrected chi connectivity index (χ3v) is 5.13. The lowest BCUT2D eigenvalue weighted by atomic mass is 9.74. The Morgan fingerprint density at radius 1 is 1.23 bits per heavy atom. The Kier molecular flexibility index (Phi) is 8.21. The number of carbonyl (C=O) groups excluding carboxylic acids is 3. The fraction of sp³-hybridized carbons (Fsp3) is 0.435. The van der Waals surface area contributed by atoms with Crippen LogP contribution < -0.4 is 14.8 Å². The Morgan fingerprint density at radius 3 is 2.53 bits per heavy atom. The van der Waals surface area contributed by atoms with Crippen molar-refractivity contribution in [1.82, 2.24) is 5.32 Å². The van der Waals surface area contributed by atoms with Crippen molar-refractivity contribution in [1.29, 1.82) is 0 Å². The average molecular weight is 415 g/mol. The number of carbonyl (C=O) groups is 3. The lowest BCUT2D eigenvalue weighted by Crippen LogP contribution is -2.42. The Balaban J connectivity index is 1.89. The van der Waals surface area contributed by atoms with Crippen LogP contribution in [0, 0.1) is 5.41 Å². The predicted octanol–water partition coefficient (Wildman–Crippen LogP) is 3.43. The molecule has 1 aliphatic carbocycles. The molecule has 0 bridgehead atoms. The van der Waals surface area contributed by atoms with E-state index in [4.69, 9.17) is 14.2 Å². The molecule has 0 heterocycles. The maximum atomic E-state index is 12.3. The van der Waals surface area contributed by atoms with E-state index in [0.29, 0.717) is 37.2 Å². The lowest BCUT2D eigenvalue weighted by Gasteiger charge is -2.35. The van der Waals surface area contributed by atoms with Crippen LogP contribution in [0.25, 0.3) is 6.08 Å². The van der Waals surface area contributed by atoms with Crippen LogP contribution in [0.1, 0.15) is 45.1 Å². The number of rotatable bonds is 8. The Morgan fingerprint density at radius 2 is 1.93 bits per heavy atom. The number of methoxy groups -OCH3 is 1. The summed E-state index contributed by atoms with van der Waals surface area (Å²) >= 11 is 0. The topological polar surface area (TPSA) is 90.9 Å². The summed E-state index contributed by atoms with van der Waals surface area (Å²) in [7, 11) is 1.48. The van der Waals surface area contributed by atoms with Crippen LogP contribution in [0.4, 0.5) is 0 Å². The van der Waals surface area contributed by atoms with E-state index in [9.17, 15) is 14.4 Å². The van der Waals surface area contributed by atoms with Gasteiger partial charge in [0.05, 0.1) is 12.5 Å². The van der Waals surface area contributed by atoms with E-state index < -0.39 is 11.4 Å². The van der Waals surface area contributed by atoms with Crippen molar-refractivity contribution < 1.29 is 28.6 Å². The van der Waals surface area contributed by atoms with Gasteiger partial charge in [-0.15, -0.1) is 0 Å². The predicted molar refractivity (Wildman–Crippen MR) is 113 cm³/mol. The lowest BCUT2D eigenvalue weighted by molar-refractivity contribution is -0.155. The molecule has 1 fully saturated rings. The standard InChI is InChI=1S/C23H29NO6/c1-5-14-29-22(27)23(3)12-10-18(11-13-23)24-21(26)9-7-17-6-8-19(30-16(2)25)20(15-17)28-4/h5-9,15,18H,1,10-14H2,2-4H3,(H,24,26)/t18-,23-. The fourth-order valence-corrected chi connectivity index (χ4v) is 3.36. The highest BCUT2D eigenvalue weighted by Gasteiger charge is 2.39. The van der Waals surface area contributed by atoms with Gasteiger partial charge in [-0.25, -0.2) is 0 Å². The molecule has 2 rings (SSSR count). The first-order valence-corrected chi connectivity index (χ1v) is 9.90. The summed E-state index contributed by atoms with van der Waals surface area (Å²) in [6.45, 7) is 6.99. The van der Waals surface area contributed by atoms with E-state index in [1.54, 1.807) is 30.4 Å². The number of hydrogen-bond donors (Lipinski definition) is 1. The molecule has 1 aliphatic rings. The van der Waals surface area contributed by atoms with Gasteiger partial charge in [-0.1, -0.05) is 18.7 Å². The molecule has 1 N–H and O–H groups in total. The minimum atomic E-state index is -0.514. The zero-order valence-corrected chi connectivity index (χ0v) is 17.7. The highest BCUT2D eigenvalue weighted by molar-refractivity contribution is 5.92. The second kappa shape index (κ2) is 10.6. The van der Waals surface area contributed by atoms with E-state index in [1.165, 1.54) is 20.1 Å². The molecule has 0 saturated heterocycles. The van der Waals surface area contributed by atoms with Crippen molar-refractivity contribution in [2.24, 2.45) is 5.41 Å². The summed E-state index contributed by atoms with van der Waals surface area (Å²) in [5, 5.41) is 2.98. The highest BCUT2D eigenvalue weighted by atomic mass is 16.6. The second-order valence-electron chi connectivity index (χ2n) is 7.57. The largest absolute Gasteiger partial charge is 0.493 e. The number of amides is 1. The van der Waals surface area contributed by atoms with Gasteiger partial charge in [0.25, 0.3) is 0 Å². The summed E-state index contributed by atoms with van der Waals surface area (Å²) in [5.74, 6) is -0.126. The molecular formula is C23H29NO6. The van der Waals surface area contributed by atoms with Crippen molar-refractivity contribution in [3.05, 3.63) is 42.5 Å². The van der Waals surface area contributed by atoms with Crippen molar-refractivity contribution in [2.45, 2.75) is 45.6 Å². The van der Waals surface area contributed by atoms with Crippen molar-refractivity contribution >= 4 is 23.9 Å². The minimum absolute atomic E-state index is 0.0170. The molecule has 1 amide bonds.